The summed E-state index contributed by atoms with van der Waals surface area (Å²) in [5, 5.41) is 4.58. The minimum atomic E-state index is -0.506. The molecule has 0 amide bonds. The zero-order valence-electron chi connectivity index (χ0n) is 18.7. The number of hydrogen-bond donors (Lipinski definition) is 0. The van der Waals surface area contributed by atoms with E-state index in [0.717, 1.165) is 21.5 Å². The first-order valence-corrected chi connectivity index (χ1v) is 10.2. The Morgan fingerprint density at radius 1 is 1.09 bits per heavy atom. The molecular formula is C22H25FN6O3. The van der Waals surface area contributed by atoms with Crippen molar-refractivity contribution >= 4 is 11.2 Å². The van der Waals surface area contributed by atoms with Gasteiger partial charge in [-0.2, -0.15) is 10.1 Å². The third-order valence-corrected chi connectivity index (χ3v) is 5.86. The number of nitrogens with zero attached hydrogens (tertiary/aromatic N) is 6. The van der Waals surface area contributed by atoms with Gasteiger partial charge in [0.05, 0.1) is 25.4 Å². The molecular weight excluding hydrogens is 415 g/mol. The molecule has 32 heavy (non-hydrogen) atoms. The molecule has 0 spiro atoms. The van der Waals surface area contributed by atoms with Gasteiger partial charge in [-0.05, 0) is 32.4 Å². The van der Waals surface area contributed by atoms with Crippen molar-refractivity contribution in [3.05, 3.63) is 73.4 Å². The van der Waals surface area contributed by atoms with Crippen LogP contribution in [-0.2, 0) is 24.9 Å². The molecule has 0 atom stereocenters. The highest BCUT2D eigenvalue weighted by molar-refractivity contribution is 5.73. The van der Waals surface area contributed by atoms with Crippen molar-refractivity contribution in [2.24, 2.45) is 7.05 Å². The second kappa shape index (κ2) is 8.19. The summed E-state index contributed by atoms with van der Waals surface area (Å²) in [6.07, 6.45) is 0. The van der Waals surface area contributed by atoms with E-state index in [4.69, 9.17) is 4.74 Å². The van der Waals surface area contributed by atoms with E-state index < -0.39 is 17.1 Å². The van der Waals surface area contributed by atoms with Crippen molar-refractivity contribution in [3.8, 4) is 5.95 Å². The lowest BCUT2D eigenvalue weighted by atomic mass is 10.2. The normalized spacial score (nSPS) is 11.6. The molecule has 0 aliphatic heterocycles. The van der Waals surface area contributed by atoms with Crippen LogP contribution in [0.15, 0.2) is 33.9 Å². The molecule has 0 fully saturated rings. The average molecular weight is 440 g/mol. The van der Waals surface area contributed by atoms with Gasteiger partial charge in [-0.25, -0.2) is 13.9 Å². The van der Waals surface area contributed by atoms with Gasteiger partial charge in [0.1, 0.15) is 5.82 Å². The Kier molecular flexibility index (Phi) is 5.55. The van der Waals surface area contributed by atoms with E-state index in [2.05, 4.69) is 10.1 Å². The molecule has 1 aromatic carbocycles. The minimum absolute atomic E-state index is 0.0492. The number of imidazole rings is 1. The number of aromatic nitrogens is 6. The number of halogens is 1. The van der Waals surface area contributed by atoms with Crippen LogP contribution >= 0.6 is 0 Å². The van der Waals surface area contributed by atoms with Crippen molar-refractivity contribution in [1.29, 1.82) is 0 Å². The number of benzene rings is 1. The second-order valence-electron chi connectivity index (χ2n) is 7.76. The molecule has 0 radical (unpaired) electrons. The number of rotatable bonds is 6. The van der Waals surface area contributed by atoms with Crippen LogP contribution in [0.3, 0.4) is 0 Å². The zero-order valence-corrected chi connectivity index (χ0v) is 18.7. The number of aryl methyl sites for hydroxylation is 2. The van der Waals surface area contributed by atoms with Gasteiger partial charge < -0.3 is 4.74 Å². The van der Waals surface area contributed by atoms with E-state index >= 15 is 0 Å². The van der Waals surface area contributed by atoms with Gasteiger partial charge in [0.2, 0.25) is 5.95 Å². The number of ether oxygens (including phenoxy) is 1. The predicted octanol–water partition coefficient (Wildman–Crippen LogP) is 1.84. The van der Waals surface area contributed by atoms with Gasteiger partial charge in [-0.3, -0.25) is 18.5 Å². The third-order valence-electron chi connectivity index (χ3n) is 5.86. The first-order valence-electron chi connectivity index (χ1n) is 10.2. The monoisotopic (exact) mass is 440 g/mol. The van der Waals surface area contributed by atoms with Gasteiger partial charge in [0.15, 0.2) is 11.2 Å². The minimum Gasteiger partial charge on any atom is -0.383 e. The van der Waals surface area contributed by atoms with Gasteiger partial charge >= 0.3 is 5.69 Å². The van der Waals surface area contributed by atoms with Crippen molar-refractivity contribution in [1.82, 2.24) is 28.5 Å². The van der Waals surface area contributed by atoms with Crippen LogP contribution < -0.4 is 11.2 Å². The molecule has 10 heteroatoms. The largest absolute Gasteiger partial charge is 0.383 e. The van der Waals surface area contributed by atoms with Crippen LogP contribution in [0, 0.1) is 26.6 Å². The fourth-order valence-electron chi connectivity index (χ4n) is 3.76. The number of hydrogen-bond acceptors (Lipinski definition) is 5. The summed E-state index contributed by atoms with van der Waals surface area (Å²) in [6, 6.07) is 6.37. The maximum absolute atomic E-state index is 14.5. The van der Waals surface area contributed by atoms with Crippen LogP contribution in [0.2, 0.25) is 0 Å². The number of fused-ring (bicyclic) bond motifs is 1. The third kappa shape index (κ3) is 3.36. The van der Waals surface area contributed by atoms with Crippen LogP contribution in [0.25, 0.3) is 17.1 Å². The molecule has 0 bridgehead atoms. The lowest BCUT2D eigenvalue weighted by Gasteiger charge is -2.12. The van der Waals surface area contributed by atoms with E-state index in [1.165, 1.54) is 17.7 Å². The Morgan fingerprint density at radius 2 is 1.81 bits per heavy atom. The van der Waals surface area contributed by atoms with Gasteiger partial charge in [0, 0.05) is 25.4 Å². The topological polar surface area (TPSA) is 88.9 Å². The maximum atomic E-state index is 14.5. The highest BCUT2D eigenvalue weighted by Gasteiger charge is 2.24. The molecule has 9 nitrogen and oxygen atoms in total. The fraction of sp³-hybridized carbons (Fsp3) is 0.364. The Balaban J connectivity index is 2.09. The van der Waals surface area contributed by atoms with Crippen LogP contribution in [0.5, 0.6) is 0 Å². The lowest BCUT2D eigenvalue weighted by Crippen LogP contribution is -2.40. The quantitative estimate of drug-likeness (QED) is 0.457. The number of methoxy groups -OCH3 is 1. The molecule has 0 N–H and O–H groups in total. The molecule has 0 unspecified atom stereocenters. The molecule has 0 saturated heterocycles. The van der Waals surface area contributed by atoms with E-state index in [0.29, 0.717) is 11.5 Å². The molecule has 4 rings (SSSR count). The van der Waals surface area contributed by atoms with E-state index in [9.17, 15) is 14.0 Å². The molecule has 0 saturated carbocycles. The molecule has 3 aromatic heterocycles. The van der Waals surface area contributed by atoms with E-state index in [1.54, 1.807) is 34.5 Å². The second-order valence-corrected chi connectivity index (χ2v) is 7.76. The van der Waals surface area contributed by atoms with Crippen LogP contribution in [0.4, 0.5) is 4.39 Å². The standard InChI is InChI=1S/C22H25FN6O3/c1-13-14(2)25-29(15(13)3)21-24-19-18(28(21)12-16-8-6-7-9-17(16)23)20(30)27(10-11-32-5)22(31)26(19)4/h6-9H,10-12H2,1-5H3. The Labute approximate surface area is 183 Å². The van der Waals surface area contributed by atoms with Crippen molar-refractivity contribution in [2.75, 3.05) is 13.7 Å². The Morgan fingerprint density at radius 3 is 2.44 bits per heavy atom. The molecule has 3 heterocycles. The first-order chi connectivity index (χ1) is 15.3. The summed E-state index contributed by atoms with van der Waals surface area (Å²) in [6.45, 7) is 6.08. The smallest absolute Gasteiger partial charge is 0.332 e. The Hall–Kier alpha value is -3.53. The van der Waals surface area contributed by atoms with Gasteiger partial charge in [-0.15, -0.1) is 0 Å². The summed E-state index contributed by atoms with van der Waals surface area (Å²) < 4.78 is 25.3. The first kappa shape index (κ1) is 21.7. The Bertz CT molecular complexity index is 1440. The SMILES string of the molecule is COCCn1c(=O)c2c(nc(-n3nc(C)c(C)c3C)n2Cc2ccccc2F)n(C)c1=O. The summed E-state index contributed by atoms with van der Waals surface area (Å²) >= 11 is 0. The van der Waals surface area contributed by atoms with Crippen LogP contribution in [-0.4, -0.2) is 42.2 Å². The van der Waals surface area contributed by atoms with Gasteiger partial charge in [0.25, 0.3) is 5.56 Å². The van der Waals surface area contributed by atoms with Gasteiger partial charge in [-0.1, -0.05) is 18.2 Å². The fourth-order valence-corrected chi connectivity index (χ4v) is 3.76. The van der Waals surface area contributed by atoms with Crippen molar-refractivity contribution in [3.63, 3.8) is 0 Å². The molecule has 4 aromatic rings. The summed E-state index contributed by atoms with van der Waals surface area (Å²) in [4.78, 5) is 30.9. The summed E-state index contributed by atoms with van der Waals surface area (Å²) in [5.41, 5.74) is 2.45. The predicted molar refractivity (Wildman–Crippen MR) is 118 cm³/mol. The molecule has 0 aliphatic rings. The van der Waals surface area contributed by atoms with Crippen molar-refractivity contribution in [2.45, 2.75) is 33.9 Å². The van der Waals surface area contributed by atoms with Crippen molar-refractivity contribution < 1.29 is 9.13 Å². The lowest BCUT2D eigenvalue weighted by molar-refractivity contribution is 0.184. The van der Waals surface area contributed by atoms with E-state index in [1.807, 2.05) is 20.8 Å². The van der Waals surface area contributed by atoms with Crippen LogP contribution in [0.1, 0.15) is 22.5 Å². The van der Waals surface area contributed by atoms with E-state index in [-0.39, 0.29) is 30.9 Å². The highest BCUT2D eigenvalue weighted by atomic mass is 19.1. The molecule has 0 aliphatic carbocycles. The maximum Gasteiger partial charge on any atom is 0.332 e. The zero-order chi connectivity index (χ0) is 23.2. The molecule has 168 valence electrons. The summed E-state index contributed by atoms with van der Waals surface area (Å²) in [5.74, 6) is -0.0529. The summed E-state index contributed by atoms with van der Waals surface area (Å²) in [7, 11) is 3.06. The average Bonchev–Trinajstić information content (AvgIpc) is 3.26. The highest BCUT2D eigenvalue weighted by Crippen LogP contribution is 2.22.